The zero-order chi connectivity index (χ0) is 17.3. The van der Waals surface area contributed by atoms with Crippen molar-refractivity contribution in [3.05, 3.63) is 59.5 Å². The van der Waals surface area contributed by atoms with E-state index in [4.69, 9.17) is 4.74 Å². The molecular formula is C19H20N2O3. The molecule has 0 atom stereocenters. The van der Waals surface area contributed by atoms with Crippen LogP contribution in [0, 0.1) is 0 Å². The predicted molar refractivity (Wildman–Crippen MR) is 92.9 cm³/mol. The molecule has 2 heterocycles. The predicted octanol–water partition coefficient (Wildman–Crippen LogP) is 3.91. The third kappa shape index (κ3) is 2.85. The summed E-state index contributed by atoms with van der Waals surface area (Å²) in [5.41, 5.74) is 3.07. The summed E-state index contributed by atoms with van der Waals surface area (Å²) in [7, 11) is 1.62. The Bertz CT molecular complexity index is 883. The molecule has 0 saturated heterocycles. The number of aromatic carboxylic acids is 1. The third-order valence-corrected chi connectivity index (χ3v) is 4.12. The number of pyridine rings is 1. The normalized spacial score (nSPS) is 11.2. The van der Waals surface area contributed by atoms with E-state index in [1.807, 2.05) is 34.9 Å². The lowest BCUT2D eigenvalue weighted by atomic mass is 10.00. The van der Waals surface area contributed by atoms with E-state index >= 15 is 0 Å². The first-order chi connectivity index (χ1) is 11.5. The molecule has 5 heteroatoms. The van der Waals surface area contributed by atoms with Crippen molar-refractivity contribution < 1.29 is 14.6 Å². The molecule has 0 radical (unpaired) electrons. The zero-order valence-corrected chi connectivity index (χ0v) is 14.0. The summed E-state index contributed by atoms with van der Waals surface area (Å²) in [5, 5.41) is 10.5. The van der Waals surface area contributed by atoms with Gasteiger partial charge in [0.1, 0.15) is 11.4 Å². The Labute approximate surface area is 140 Å². The number of carboxylic acids is 1. The second kappa shape index (κ2) is 6.35. The third-order valence-electron chi connectivity index (χ3n) is 4.12. The number of fused-ring (bicyclic) bond motifs is 1. The fraction of sp³-hybridized carbons (Fsp3) is 0.263. The maximum absolute atomic E-state index is 11.7. The largest absolute Gasteiger partial charge is 0.497 e. The molecule has 124 valence electrons. The van der Waals surface area contributed by atoms with E-state index in [0.717, 1.165) is 27.9 Å². The van der Waals surface area contributed by atoms with Gasteiger partial charge in [-0.15, -0.1) is 0 Å². The van der Waals surface area contributed by atoms with Crippen molar-refractivity contribution in [2.24, 2.45) is 0 Å². The Balaban J connectivity index is 2.28. The number of methoxy groups -OCH3 is 1. The maximum Gasteiger partial charge on any atom is 0.352 e. The van der Waals surface area contributed by atoms with Crippen LogP contribution in [-0.4, -0.2) is 27.7 Å². The minimum absolute atomic E-state index is 0.238. The Kier molecular flexibility index (Phi) is 4.25. The summed E-state index contributed by atoms with van der Waals surface area (Å²) in [4.78, 5) is 16.1. The van der Waals surface area contributed by atoms with Crippen LogP contribution >= 0.6 is 0 Å². The quantitative estimate of drug-likeness (QED) is 0.772. The van der Waals surface area contributed by atoms with E-state index in [-0.39, 0.29) is 11.6 Å². The van der Waals surface area contributed by atoms with Crippen molar-refractivity contribution in [3.63, 3.8) is 0 Å². The van der Waals surface area contributed by atoms with Crippen LogP contribution in [0.1, 0.15) is 41.5 Å². The second-order valence-corrected chi connectivity index (χ2v) is 6.05. The fourth-order valence-corrected chi connectivity index (χ4v) is 2.97. The standard InChI is InChI=1S/C19H20N2O3/c1-12(2)16-10-15(24-3)8-13-9-17(19(22)23)21(18(13)16)11-14-6-4-5-7-20-14/h4-10,12H,11H2,1-3H3,(H,22,23). The SMILES string of the molecule is COc1cc(C(C)C)c2c(c1)cc(C(=O)O)n2Cc1ccccn1. The number of rotatable bonds is 5. The van der Waals surface area contributed by atoms with Crippen LogP contribution in [0.5, 0.6) is 5.75 Å². The van der Waals surface area contributed by atoms with Gasteiger partial charge in [0.05, 0.1) is 24.9 Å². The minimum Gasteiger partial charge on any atom is -0.497 e. The first-order valence-corrected chi connectivity index (χ1v) is 7.85. The highest BCUT2D eigenvalue weighted by molar-refractivity contribution is 5.96. The highest BCUT2D eigenvalue weighted by Gasteiger charge is 2.20. The van der Waals surface area contributed by atoms with Crippen LogP contribution in [0.15, 0.2) is 42.6 Å². The minimum atomic E-state index is -0.948. The van der Waals surface area contributed by atoms with Gasteiger partial charge in [0, 0.05) is 11.6 Å². The van der Waals surface area contributed by atoms with Crippen LogP contribution in [0.25, 0.3) is 10.9 Å². The first-order valence-electron chi connectivity index (χ1n) is 7.85. The van der Waals surface area contributed by atoms with Crippen molar-refractivity contribution >= 4 is 16.9 Å². The van der Waals surface area contributed by atoms with Gasteiger partial charge in [-0.25, -0.2) is 4.79 Å². The highest BCUT2D eigenvalue weighted by Crippen LogP contribution is 2.33. The summed E-state index contributed by atoms with van der Waals surface area (Å²) < 4.78 is 7.20. The molecule has 0 unspecified atom stereocenters. The van der Waals surface area contributed by atoms with Crippen molar-refractivity contribution in [2.45, 2.75) is 26.3 Å². The van der Waals surface area contributed by atoms with E-state index < -0.39 is 5.97 Å². The lowest BCUT2D eigenvalue weighted by molar-refractivity contribution is 0.0686. The van der Waals surface area contributed by atoms with E-state index in [1.165, 1.54) is 0 Å². The van der Waals surface area contributed by atoms with Gasteiger partial charge in [0.2, 0.25) is 0 Å². The monoisotopic (exact) mass is 324 g/mol. The van der Waals surface area contributed by atoms with Gasteiger partial charge in [-0.05, 0) is 41.8 Å². The summed E-state index contributed by atoms with van der Waals surface area (Å²) in [6, 6.07) is 11.2. The number of benzene rings is 1. The summed E-state index contributed by atoms with van der Waals surface area (Å²) in [5.74, 6) is 0.0237. The molecule has 5 nitrogen and oxygen atoms in total. The molecule has 0 fully saturated rings. The molecule has 0 spiro atoms. The number of aromatic nitrogens is 2. The lowest BCUT2D eigenvalue weighted by Gasteiger charge is -2.15. The summed E-state index contributed by atoms with van der Waals surface area (Å²) in [6.07, 6.45) is 1.72. The highest BCUT2D eigenvalue weighted by atomic mass is 16.5. The molecule has 1 N–H and O–H groups in total. The van der Waals surface area contributed by atoms with Crippen LogP contribution < -0.4 is 4.74 Å². The average Bonchev–Trinajstić information content (AvgIpc) is 2.93. The topological polar surface area (TPSA) is 64.3 Å². The fourth-order valence-electron chi connectivity index (χ4n) is 2.97. The van der Waals surface area contributed by atoms with E-state index in [0.29, 0.717) is 6.54 Å². The Hall–Kier alpha value is -2.82. The molecule has 24 heavy (non-hydrogen) atoms. The van der Waals surface area contributed by atoms with Crippen LogP contribution in [-0.2, 0) is 6.54 Å². The van der Waals surface area contributed by atoms with Crippen molar-refractivity contribution in [1.82, 2.24) is 9.55 Å². The molecule has 0 saturated carbocycles. The van der Waals surface area contributed by atoms with Gasteiger partial charge in [-0.1, -0.05) is 19.9 Å². The van der Waals surface area contributed by atoms with E-state index in [1.54, 1.807) is 19.4 Å². The van der Waals surface area contributed by atoms with Gasteiger partial charge < -0.3 is 14.4 Å². The number of hydrogen-bond acceptors (Lipinski definition) is 3. The van der Waals surface area contributed by atoms with Gasteiger partial charge in [-0.2, -0.15) is 0 Å². The van der Waals surface area contributed by atoms with Crippen molar-refractivity contribution in [1.29, 1.82) is 0 Å². The van der Waals surface area contributed by atoms with Gasteiger partial charge >= 0.3 is 5.97 Å². The Morgan fingerprint density at radius 1 is 1.29 bits per heavy atom. The van der Waals surface area contributed by atoms with Crippen LogP contribution in [0.2, 0.25) is 0 Å². The van der Waals surface area contributed by atoms with Gasteiger partial charge in [0.15, 0.2) is 0 Å². The number of hydrogen-bond donors (Lipinski definition) is 1. The van der Waals surface area contributed by atoms with E-state index in [2.05, 4.69) is 18.8 Å². The number of carboxylic acid groups (broad SMARTS) is 1. The van der Waals surface area contributed by atoms with Gasteiger partial charge in [0.25, 0.3) is 0 Å². The number of nitrogens with zero attached hydrogens (tertiary/aromatic N) is 2. The molecule has 0 bridgehead atoms. The molecule has 0 aliphatic carbocycles. The molecule has 3 rings (SSSR count). The van der Waals surface area contributed by atoms with Crippen molar-refractivity contribution in [2.75, 3.05) is 7.11 Å². The molecule has 0 amide bonds. The summed E-state index contributed by atoms with van der Waals surface area (Å²) in [6.45, 7) is 4.59. The molecule has 1 aromatic carbocycles. The van der Waals surface area contributed by atoms with E-state index in [9.17, 15) is 9.90 Å². The van der Waals surface area contributed by atoms with Crippen LogP contribution in [0.4, 0.5) is 0 Å². The lowest BCUT2D eigenvalue weighted by Crippen LogP contribution is -2.11. The molecule has 3 aromatic rings. The Morgan fingerprint density at radius 3 is 2.67 bits per heavy atom. The zero-order valence-electron chi connectivity index (χ0n) is 14.0. The second-order valence-electron chi connectivity index (χ2n) is 6.05. The molecule has 2 aromatic heterocycles. The molecule has 0 aliphatic rings. The first kappa shape index (κ1) is 16.1. The molecule has 0 aliphatic heterocycles. The summed E-state index contributed by atoms with van der Waals surface area (Å²) >= 11 is 0. The molecular weight excluding hydrogens is 304 g/mol. The number of carbonyl (C=O) groups is 1. The van der Waals surface area contributed by atoms with Crippen LogP contribution in [0.3, 0.4) is 0 Å². The smallest absolute Gasteiger partial charge is 0.352 e. The maximum atomic E-state index is 11.7. The van der Waals surface area contributed by atoms with Crippen molar-refractivity contribution in [3.8, 4) is 5.75 Å². The Morgan fingerprint density at radius 2 is 2.08 bits per heavy atom. The average molecular weight is 324 g/mol. The van der Waals surface area contributed by atoms with Gasteiger partial charge in [-0.3, -0.25) is 4.98 Å². The number of ether oxygens (including phenoxy) is 1.